The maximum atomic E-state index is 5.62. The molecule has 3 nitrogen and oxygen atoms in total. The van der Waals surface area contributed by atoms with Crippen molar-refractivity contribution in [2.75, 3.05) is 13.2 Å². The Morgan fingerprint density at radius 2 is 2.50 bits per heavy atom. The fourth-order valence-electron chi connectivity index (χ4n) is 1.95. The second kappa shape index (κ2) is 5.66. The SMILES string of the molecule is CCNC(Cc1cccnc1)C1=CCCO1. The zero-order valence-electron chi connectivity index (χ0n) is 9.65. The van der Waals surface area contributed by atoms with E-state index < -0.39 is 0 Å². The Morgan fingerprint density at radius 1 is 1.56 bits per heavy atom. The third kappa shape index (κ3) is 2.83. The second-order valence-corrected chi connectivity index (χ2v) is 3.92. The monoisotopic (exact) mass is 218 g/mol. The van der Waals surface area contributed by atoms with E-state index in [1.807, 2.05) is 12.3 Å². The fourth-order valence-corrected chi connectivity index (χ4v) is 1.95. The molecule has 0 radical (unpaired) electrons. The first-order valence-corrected chi connectivity index (χ1v) is 5.85. The van der Waals surface area contributed by atoms with Crippen LogP contribution in [-0.4, -0.2) is 24.2 Å². The summed E-state index contributed by atoms with van der Waals surface area (Å²) in [5, 5.41) is 3.45. The van der Waals surface area contributed by atoms with E-state index in [0.717, 1.165) is 31.8 Å². The first-order valence-electron chi connectivity index (χ1n) is 5.85. The number of pyridine rings is 1. The number of nitrogens with one attached hydrogen (secondary N) is 1. The van der Waals surface area contributed by atoms with Gasteiger partial charge in [-0.2, -0.15) is 0 Å². The molecule has 2 rings (SSSR count). The average Bonchev–Trinajstić information content (AvgIpc) is 2.83. The summed E-state index contributed by atoms with van der Waals surface area (Å²) in [7, 11) is 0. The Morgan fingerprint density at radius 3 is 3.12 bits per heavy atom. The van der Waals surface area contributed by atoms with Crippen LogP contribution in [0.5, 0.6) is 0 Å². The van der Waals surface area contributed by atoms with Crippen LogP contribution >= 0.6 is 0 Å². The summed E-state index contributed by atoms with van der Waals surface area (Å²) in [6, 6.07) is 4.37. The molecule has 2 heterocycles. The van der Waals surface area contributed by atoms with Crippen LogP contribution in [0.1, 0.15) is 18.9 Å². The van der Waals surface area contributed by atoms with E-state index in [0.29, 0.717) is 0 Å². The van der Waals surface area contributed by atoms with Crippen LogP contribution in [0.2, 0.25) is 0 Å². The molecule has 1 N–H and O–H groups in total. The molecule has 0 aliphatic carbocycles. The van der Waals surface area contributed by atoms with Crippen molar-refractivity contribution < 1.29 is 4.74 Å². The highest BCUT2D eigenvalue weighted by Crippen LogP contribution is 2.16. The van der Waals surface area contributed by atoms with Gasteiger partial charge in [0.1, 0.15) is 5.76 Å². The minimum atomic E-state index is 0.289. The van der Waals surface area contributed by atoms with Gasteiger partial charge in [0.2, 0.25) is 0 Å². The Balaban J connectivity index is 2.02. The zero-order valence-corrected chi connectivity index (χ0v) is 9.65. The predicted molar refractivity (Wildman–Crippen MR) is 64.1 cm³/mol. The number of hydrogen-bond acceptors (Lipinski definition) is 3. The van der Waals surface area contributed by atoms with Gasteiger partial charge in [-0.3, -0.25) is 4.98 Å². The number of ether oxygens (including phenoxy) is 1. The lowest BCUT2D eigenvalue weighted by Crippen LogP contribution is -2.33. The lowest BCUT2D eigenvalue weighted by molar-refractivity contribution is 0.215. The summed E-state index contributed by atoms with van der Waals surface area (Å²) in [5.74, 6) is 1.09. The van der Waals surface area contributed by atoms with E-state index >= 15 is 0 Å². The van der Waals surface area contributed by atoms with Crippen molar-refractivity contribution in [2.45, 2.75) is 25.8 Å². The molecular formula is C13H18N2O. The Labute approximate surface area is 96.5 Å². The minimum absolute atomic E-state index is 0.289. The number of aromatic nitrogens is 1. The molecule has 16 heavy (non-hydrogen) atoms. The Bertz CT molecular complexity index is 348. The van der Waals surface area contributed by atoms with Gasteiger partial charge in [-0.15, -0.1) is 0 Å². The smallest absolute Gasteiger partial charge is 0.109 e. The highest BCUT2D eigenvalue weighted by molar-refractivity contribution is 5.16. The van der Waals surface area contributed by atoms with E-state index in [4.69, 9.17) is 4.74 Å². The van der Waals surface area contributed by atoms with Crippen molar-refractivity contribution in [1.29, 1.82) is 0 Å². The Hall–Kier alpha value is -1.35. The van der Waals surface area contributed by atoms with Gasteiger partial charge >= 0.3 is 0 Å². The van der Waals surface area contributed by atoms with Crippen molar-refractivity contribution in [1.82, 2.24) is 10.3 Å². The zero-order chi connectivity index (χ0) is 11.2. The third-order valence-corrected chi connectivity index (χ3v) is 2.69. The van der Waals surface area contributed by atoms with Gasteiger partial charge < -0.3 is 10.1 Å². The van der Waals surface area contributed by atoms with Crippen LogP contribution in [0, 0.1) is 0 Å². The van der Waals surface area contributed by atoms with Crippen LogP contribution in [0.4, 0.5) is 0 Å². The van der Waals surface area contributed by atoms with Gasteiger partial charge in [0, 0.05) is 18.8 Å². The quantitative estimate of drug-likeness (QED) is 0.819. The maximum Gasteiger partial charge on any atom is 0.109 e. The van der Waals surface area contributed by atoms with E-state index in [9.17, 15) is 0 Å². The van der Waals surface area contributed by atoms with Gasteiger partial charge in [0.15, 0.2) is 0 Å². The van der Waals surface area contributed by atoms with E-state index in [2.05, 4.69) is 29.4 Å². The fraction of sp³-hybridized carbons (Fsp3) is 0.462. The molecule has 0 aromatic carbocycles. The van der Waals surface area contributed by atoms with Gasteiger partial charge in [0.05, 0.1) is 12.6 Å². The average molecular weight is 218 g/mol. The lowest BCUT2D eigenvalue weighted by Gasteiger charge is -2.18. The highest BCUT2D eigenvalue weighted by atomic mass is 16.5. The van der Waals surface area contributed by atoms with Gasteiger partial charge in [-0.1, -0.05) is 13.0 Å². The van der Waals surface area contributed by atoms with E-state index in [-0.39, 0.29) is 6.04 Å². The van der Waals surface area contributed by atoms with Crippen molar-refractivity contribution in [3.8, 4) is 0 Å². The normalized spacial score (nSPS) is 16.7. The third-order valence-electron chi connectivity index (χ3n) is 2.69. The molecule has 3 heteroatoms. The number of rotatable bonds is 5. The van der Waals surface area contributed by atoms with Crippen LogP contribution in [0.3, 0.4) is 0 Å². The Kier molecular flexibility index (Phi) is 3.94. The maximum absolute atomic E-state index is 5.62. The van der Waals surface area contributed by atoms with Crippen LogP contribution < -0.4 is 5.32 Å². The summed E-state index contributed by atoms with van der Waals surface area (Å²) in [6.45, 7) is 3.89. The molecule has 1 aliphatic rings. The molecule has 1 aliphatic heterocycles. The van der Waals surface area contributed by atoms with E-state index in [1.165, 1.54) is 5.56 Å². The largest absolute Gasteiger partial charge is 0.496 e. The summed E-state index contributed by atoms with van der Waals surface area (Å²) in [5.41, 5.74) is 1.24. The standard InChI is InChI=1S/C13H18N2O/c1-2-15-12(13-6-4-8-16-13)9-11-5-3-7-14-10-11/h3,5-7,10,12,15H,2,4,8-9H2,1H3. The predicted octanol–water partition coefficient (Wildman–Crippen LogP) is 1.91. The summed E-state index contributed by atoms with van der Waals surface area (Å²) in [6.07, 6.45) is 7.87. The van der Waals surface area contributed by atoms with Crippen LogP contribution in [0.15, 0.2) is 36.4 Å². The summed E-state index contributed by atoms with van der Waals surface area (Å²) < 4.78 is 5.62. The molecule has 1 atom stereocenters. The van der Waals surface area contributed by atoms with Gasteiger partial charge in [0.25, 0.3) is 0 Å². The topological polar surface area (TPSA) is 34.2 Å². The van der Waals surface area contributed by atoms with Crippen LogP contribution in [-0.2, 0) is 11.2 Å². The molecule has 0 spiro atoms. The van der Waals surface area contributed by atoms with Gasteiger partial charge in [-0.05, 0) is 30.7 Å². The number of hydrogen-bond donors (Lipinski definition) is 1. The van der Waals surface area contributed by atoms with Crippen molar-refractivity contribution >= 4 is 0 Å². The van der Waals surface area contributed by atoms with Crippen LogP contribution in [0.25, 0.3) is 0 Å². The molecule has 86 valence electrons. The number of nitrogens with zero attached hydrogens (tertiary/aromatic N) is 1. The highest BCUT2D eigenvalue weighted by Gasteiger charge is 2.18. The molecule has 0 bridgehead atoms. The summed E-state index contributed by atoms with van der Waals surface area (Å²) >= 11 is 0. The van der Waals surface area contributed by atoms with Crippen molar-refractivity contribution in [2.24, 2.45) is 0 Å². The van der Waals surface area contributed by atoms with Gasteiger partial charge in [-0.25, -0.2) is 0 Å². The molecule has 0 fully saturated rings. The number of likely N-dealkylation sites (N-methyl/N-ethyl adjacent to an activating group) is 1. The second-order valence-electron chi connectivity index (χ2n) is 3.92. The van der Waals surface area contributed by atoms with Crippen molar-refractivity contribution in [3.63, 3.8) is 0 Å². The molecule has 0 saturated heterocycles. The first-order chi connectivity index (χ1) is 7.90. The van der Waals surface area contributed by atoms with Crippen molar-refractivity contribution in [3.05, 3.63) is 41.9 Å². The lowest BCUT2D eigenvalue weighted by atomic mass is 10.1. The molecule has 1 unspecified atom stereocenters. The molecule has 1 aromatic rings. The van der Waals surface area contributed by atoms with E-state index in [1.54, 1.807) is 6.20 Å². The molecule has 0 saturated carbocycles. The molecular weight excluding hydrogens is 200 g/mol. The first kappa shape index (κ1) is 11.1. The summed E-state index contributed by atoms with van der Waals surface area (Å²) in [4.78, 5) is 4.14. The minimum Gasteiger partial charge on any atom is -0.496 e. The molecule has 0 amide bonds. The molecule has 1 aromatic heterocycles.